The molecule has 1 atom stereocenters. The smallest absolute Gasteiger partial charge is 0.250 e. The van der Waals surface area contributed by atoms with Crippen molar-refractivity contribution in [1.82, 2.24) is 9.88 Å². The lowest BCUT2D eigenvalue weighted by Gasteiger charge is -2.11. The van der Waals surface area contributed by atoms with Gasteiger partial charge >= 0.3 is 0 Å². The standard InChI is InChI=1S/C11H17N3O2/c1-4-14-7-9(5-6-10(14)15)13-11(16)8(2)12-3/h5-8,12H,4H2,1-3H3,(H,13,16). The molecule has 0 aliphatic rings. The van der Waals surface area contributed by atoms with Crippen LogP contribution >= 0.6 is 0 Å². The monoisotopic (exact) mass is 223 g/mol. The highest BCUT2D eigenvalue weighted by molar-refractivity contribution is 5.94. The normalized spacial score (nSPS) is 12.2. The van der Waals surface area contributed by atoms with Crippen molar-refractivity contribution in [3.8, 4) is 0 Å². The van der Waals surface area contributed by atoms with E-state index in [-0.39, 0.29) is 17.5 Å². The molecule has 16 heavy (non-hydrogen) atoms. The molecule has 5 heteroatoms. The van der Waals surface area contributed by atoms with Crippen LogP contribution < -0.4 is 16.2 Å². The number of rotatable bonds is 4. The van der Waals surface area contributed by atoms with Crippen molar-refractivity contribution in [1.29, 1.82) is 0 Å². The van der Waals surface area contributed by atoms with Gasteiger partial charge in [-0.25, -0.2) is 0 Å². The van der Waals surface area contributed by atoms with Crippen LogP contribution in [-0.2, 0) is 11.3 Å². The lowest BCUT2D eigenvalue weighted by Crippen LogP contribution is -2.35. The summed E-state index contributed by atoms with van der Waals surface area (Å²) in [6, 6.07) is 2.79. The highest BCUT2D eigenvalue weighted by atomic mass is 16.2. The first kappa shape index (κ1) is 12.4. The summed E-state index contributed by atoms with van der Waals surface area (Å²) in [6.07, 6.45) is 1.64. The van der Waals surface area contributed by atoms with Crippen LogP contribution in [-0.4, -0.2) is 23.6 Å². The van der Waals surface area contributed by atoms with Crippen molar-refractivity contribution in [2.24, 2.45) is 0 Å². The summed E-state index contributed by atoms with van der Waals surface area (Å²) in [7, 11) is 1.72. The molecular formula is C11H17N3O2. The maximum atomic E-state index is 11.6. The first-order chi connectivity index (χ1) is 7.58. The molecule has 1 heterocycles. The zero-order valence-electron chi connectivity index (χ0n) is 9.78. The van der Waals surface area contributed by atoms with Gasteiger partial charge in [0.15, 0.2) is 0 Å². The second-order valence-corrected chi connectivity index (χ2v) is 3.54. The number of nitrogens with one attached hydrogen (secondary N) is 2. The molecule has 0 bridgehead atoms. The quantitative estimate of drug-likeness (QED) is 0.777. The number of pyridine rings is 1. The lowest BCUT2D eigenvalue weighted by atomic mass is 10.3. The zero-order chi connectivity index (χ0) is 12.1. The van der Waals surface area contributed by atoms with Crippen molar-refractivity contribution >= 4 is 11.6 Å². The molecule has 0 radical (unpaired) electrons. The number of aryl methyl sites for hydroxylation is 1. The summed E-state index contributed by atoms with van der Waals surface area (Å²) >= 11 is 0. The highest BCUT2D eigenvalue weighted by Crippen LogP contribution is 2.03. The van der Waals surface area contributed by atoms with Gasteiger partial charge in [-0.1, -0.05) is 0 Å². The minimum Gasteiger partial charge on any atom is -0.323 e. The number of nitrogens with zero attached hydrogens (tertiary/aromatic N) is 1. The summed E-state index contributed by atoms with van der Waals surface area (Å²) in [4.78, 5) is 22.9. The summed E-state index contributed by atoms with van der Waals surface area (Å²) < 4.78 is 1.54. The Hall–Kier alpha value is -1.62. The summed E-state index contributed by atoms with van der Waals surface area (Å²) in [5.41, 5.74) is 0.565. The van der Waals surface area contributed by atoms with Crippen LogP contribution in [0.2, 0.25) is 0 Å². The molecule has 1 aromatic rings. The second kappa shape index (κ2) is 5.46. The highest BCUT2D eigenvalue weighted by Gasteiger charge is 2.10. The van der Waals surface area contributed by atoms with Crippen LogP contribution in [0, 0.1) is 0 Å². The number of anilines is 1. The van der Waals surface area contributed by atoms with E-state index in [2.05, 4.69) is 10.6 Å². The van der Waals surface area contributed by atoms with E-state index >= 15 is 0 Å². The molecule has 1 unspecified atom stereocenters. The van der Waals surface area contributed by atoms with E-state index in [0.29, 0.717) is 12.2 Å². The van der Waals surface area contributed by atoms with Gasteiger partial charge in [0.1, 0.15) is 0 Å². The van der Waals surface area contributed by atoms with Crippen molar-refractivity contribution in [2.45, 2.75) is 26.4 Å². The fraction of sp³-hybridized carbons (Fsp3) is 0.455. The van der Waals surface area contributed by atoms with Crippen LogP contribution in [0.5, 0.6) is 0 Å². The van der Waals surface area contributed by atoms with E-state index in [4.69, 9.17) is 0 Å². The summed E-state index contributed by atoms with van der Waals surface area (Å²) in [5, 5.41) is 5.58. The van der Waals surface area contributed by atoms with Crippen LogP contribution in [0.1, 0.15) is 13.8 Å². The van der Waals surface area contributed by atoms with Gasteiger partial charge in [-0.3, -0.25) is 9.59 Å². The number of aromatic nitrogens is 1. The molecule has 1 amide bonds. The number of carbonyl (C=O) groups is 1. The van der Waals surface area contributed by atoms with E-state index in [0.717, 1.165) is 0 Å². The fourth-order valence-corrected chi connectivity index (χ4v) is 1.23. The van der Waals surface area contributed by atoms with Gasteiger partial charge in [0, 0.05) is 18.8 Å². The zero-order valence-corrected chi connectivity index (χ0v) is 9.78. The van der Waals surface area contributed by atoms with E-state index in [1.165, 1.54) is 6.07 Å². The van der Waals surface area contributed by atoms with Crippen LogP contribution in [0.25, 0.3) is 0 Å². The van der Waals surface area contributed by atoms with Gasteiger partial charge in [-0.15, -0.1) is 0 Å². The van der Waals surface area contributed by atoms with Gasteiger partial charge in [-0.05, 0) is 27.0 Å². The van der Waals surface area contributed by atoms with E-state index in [9.17, 15) is 9.59 Å². The number of hydrogen-bond acceptors (Lipinski definition) is 3. The molecule has 0 aromatic carbocycles. The molecule has 0 saturated heterocycles. The maximum absolute atomic E-state index is 11.6. The van der Waals surface area contributed by atoms with Gasteiger partial charge in [-0.2, -0.15) is 0 Å². The van der Waals surface area contributed by atoms with Crippen molar-refractivity contribution in [3.63, 3.8) is 0 Å². The molecule has 88 valence electrons. The molecule has 2 N–H and O–H groups in total. The Bertz CT molecular complexity index is 425. The molecule has 0 aliphatic carbocycles. The predicted octanol–water partition coefficient (Wildman–Crippen LogP) is 0.415. The first-order valence-electron chi connectivity index (χ1n) is 5.27. The maximum Gasteiger partial charge on any atom is 0.250 e. The molecular weight excluding hydrogens is 206 g/mol. The van der Waals surface area contributed by atoms with Crippen LogP contribution in [0.4, 0.5) is 5.69 Å². The van der Waals surface area contributed by atoms with Crippen molar-refractivity contribution in [3.05, 3.63) is 28.7 Å². The topological polar surface area (TPSA) is 63.1 Å². The van der Waals surface area contributed by atoms with Gasteiger partial charge in [0.05, 0.1) is 11.7 Å². The number of amides is 1. The Labute approximate surface area is 94.5 Å². The number of likely N-dealkylation sites (N-methyl/N-ethyl adjacent to an activating group) is 1. The average molecular weight is 223 g/mol. The fourth-order valence-electron chi connectivity index (χ4n) is 1.23. The van der Waals surface area contributed by atoms with Crippen LogP contribution in [0.3, 0.4) is 0 Å². The van der Waals surface area contributed by atoms with Crippen molar-refractivity contribution in [2.75, 3.05) is 12.4 Å². The number of hydrogen-bond donors (Lipinski definition) is 2. The Morgan fingerprint density at radius 3 is 2.75 bits per heavy atom. The molecule has 0 spiro atoms. The third-order valence-electron chi connectivity index (χ3n) is 2.42. The van der Waals surface area contributed by atoms with E-state index in [1.807, 2.05) is 6.92 Å². The minimum absolute atomic E-state index is 0.0674. The summed E-state index contributed by atoms with van der Waals surface area (Å²) in [5.74, 6) is -0.121. The Balaban J connectivity index is 2.82. The number of carbonyl (C=O) groups excluding carboxylic acids is 1. The average Bonchev–Trinajstić information content (AvgIpc) is 2.30. The van der Waals surface area contributed by atoms with Crippen LogP contribution in [0.15, 0.2) is 23.1 Å². The predicted molar refractivity (Wildman–Crippen MR) is 63.5 cm³/mol. The van der Waals surface area contributed by atoms with E-state index in [1.54, 1.807) is 30.8 Å². The molecule has 1 aromatic heterocycles. The minimum atomic E-state index is -0.262. The largest absolute Gasteiger partial charge is 0.323 e. The molecule has 0 fully saturated rings. The lowest BCUT2D eigenvalue weighted by molar-refractivity contribution is -0.117. The first-order valence-corrected chi connectivity index (χ1v) is 5.27. The summed E-state index contributed by atoms with van der Waals surface area (Å²) in [6.45, 7) is 4.23. The second-order valence-electron chi connectivity index (χ2n) is 3.54. The SMILES string of the molecule is CCn1cc(NC(=O)C(C)NC)ccc1=O. The molecule has 0 aliphatic heterocycles. The van der Waals surface area contributed by atoms with Crippen molar-refractivity contribution < 1.29 is 4.79 Å². The molecule has 1 rings (SSSR count). The third-order valence-corrected chi connectivity index (χ3v) is 2.42. The molecule has 5 nitrogen and oxygen atoms in total. The van der Waals surface area contributed by atoms with Gasteiger partial charge < -0.3 is 15.2 Å². The Kier molecular flexibility index (Phi) is 4.25. The molecule has 0 saturated carbocycles. The Morgan fingerprint density at radius 1 is 1.50 bits per heavy atom. The third kappa shape index (κ3) is 2.93. The van der Waals surface area contributed by atoms with Gasteiger partial charge in [0.2, 0.25) is 5.91 Å². The van der Waals surface area contributed by atoms with E-state index < -0.39 is 0 Å². The van der Waals surface area contributed by atoms with Gasteiger partial charge in [0.25, 0.3) is 5.56 Å². The Morgan fingerprint density at radius 2 is 2.19 bits per heavy atom.